The van der Waals surface area contributed by atoms with E-state index in [4.69, 9.17) is 5.11 Å². The van der Waals surface area contributed by atoms with E-state index in [0.29, 0.717) is 5.56 Å². The van der Waals surface area contributed by atoms with Gasteiger partial charge >= 0.3 is 5.97 Å². The molecule has 0 saturated carbocycles. The second kappa shape index (κ2) is 7.37. The number of hydrogen-bond donors (Lipinski definition) is 2. The zero-order valence-electron chi connectivity index (χ0n) is 13.0. The molecule has 0 bridgehead atoms. The lowest BCUT2D eigenvalue weighted by atomic mass is 10.0. The maximum Gasteiger partial charge on any atom is 0.305 e. The lowest BCUT2D eigenvalue weighted by Crippen LogP contribution is -2.37. The molecule has 126 valence electrons. The number of rotatable bonds is 7. The molecule has 24 heavy (non-hydrogen) atoms. The van der Waals surface area contributed by atoms with Gasteiger partial charge in [-0.1, -0.05) is 42.5 Å². The van der Waals surface area contributed by atoms with Gasteiger partial charge in [0.1, 0.15) is 6.29 Å². The Morgan fingerprint density at radius 3 is 2.42 bits per heavy atom. The van der Waals surface area contributed by atoms with Crippen LogP contribution in [-0.2, 0) is 19.6 Å². The summed E-state index contributed by atoms with van der Waals surface area (Å²) < 4.78 is 27.5. The van der Waals surface area contributed by atoms with Gasteiger partial charge in [0.15, 0.2) is 0 Å². The van der Waals surface area contributed by atoms with Gasteiger partial charge in [-0.05, 0) is 24.1 Å². The quantitative estimate of drug-likeness (QED) is 0.746. The van der Waals surface area contributed by atoms with Crippen LogP contribution in [-0.4, -0.2) is 31.8 Å². The summed E-state index contributed by atoms with van der Waals surface area (Å²) in [6.45, 7) is 1.79. The summed E-state index contributed by atoms with van der Waals surface area (Å²) >= 11 is 0. The summed E-state index contributed by atoms with van der Waals surface area (Å²) in [6, 6.07) is 12.5. The van der Waals surface area contributed by atoms with Crippen molar-refractivity contribution in [3.05, 3.63) is 54.1 Å². The van der Waals surface area contributed by atoms with Gasteiger partial charge < -0.3 is 9.90 Å². The fraction of sp³-hybridized carbons (Fsp3) is 0.176. The Kier molecular flexibility index (Phi) is 5.48. The van der Waals surface area contributed by atoms with E-state index in [-0.39, 0.29) is 11.2 Å². The number of aliphatic carboxylic acids is 1. The first-order chi connectivity index (χ1) is 11.3. The van der Waals surface area contributed by atoms with E-state index < -0.39 is 28.5 Å². The maximum absolute atomic E-state index is 12.7. The highest BCUT2D eigenvalue weighted by Gasteiger charge is 2.25. The average molecular weight is 347 g/mol. The monoisotopic (exact) mass is 347 g/mol. The Hall–Kier alpha value is -2.51. The largest absolute Gasteiger partial charge is 0.481 e. The number of aldehydes is 1. The highest BCUT2D eigenvalue weighted by Crippen LogP contribution is 2.30. The molecular weight excluding hydrogens is 330 g/mol. The highest BCUT2D eigenvalue weighted by molar-refractivity contribution is 7.89. The van der Waals surface area contributed by atoms with E-state index in [1.807, 2.05) is 6.07 Å². The van der Waals surface area contributed by atoms with Crippen LogP contribution in [0.4, 0.5) is 0 Å². The van der Waals surface area contributed by atoms with Crippen LogP contribution in [0.1, 0.15) is 12.0 Å². The van der Waals surface area contributed by atoms with E-state index in [0.717, 1.165) is 11.1 Å². The van der Waals surface area contributed by atoms with Crippen LogP contribution in [0.2, 0.25) is 0 Å². The van der Waals surface area contributed by atoms with Gasteiger partial charge in [-0.15, -0.1) is 0 Å². The van der Waals surface area contributed by atoms with Crippen molar-refractivity contribution in [3.63, 3.8) is 0 Å². The average Bonchev–Trinajstić information content (AvgIpc) is 2.54. The molecule has 0 aliphatic heterocycles. The minimum atomic E-state index is -4.06. The number of sulfonamides is 1. The summed E-state index contributed by atoms with van der Waals surface area (Å²) in [6.07, 6.45) is -0.334. The number of carbonyl (C=O) groups excluding carboxylic acids is 1. The number of aryl methyl sites for hydroxylation is 1. The van der Waals surface area contributed by atoms with Crippen molar-refractivity contribution in [3.8, 4) is 11.1 Å². The molecule has 0 aliphatic carbocycles. The third-order valence-corrected chi connectivity index (χ3v) is 4.98. The lowest BCUT2D eigenvalue weighted by Gasteiger charge is -2.16. The Balaban J connectivity index is 2.50. The fourth-order valence-electron chi connectivity index (χ4n) is 2.41. The van der Waals surface area contributed by atoms with Crippen LogP contribution in [0.5, 0.6) is 0 Å². The molecule has 0 radical (unpaired) electrons. The molecule has 2 N–H and O–H groups in total. The van der Waals surface area contributed by atoms with Gasteiger partial charge in [0.25, 0.3) is 0 Å². The molecule has 0 amide bonds. The number of hydrogen-bond acceptors (Lipinski definition) is 4. The van der Waals surface area contributed by atoms with Gasteiger partial charge in [0.05, 0.1) is 17.4 Å². The van der Waals surface area contributed by atoms with E-state index in [9.17, 15) is 18.0 Å². The Morgan fingerprint density at radius 1 is 1.17 bits per heavy atom. The smallest absolute Gasteiger partial charge is 0.305 e. The van der Waals surface area contributed by atoms with Gasteiger partial charge in [-0.2, -0.15) is 0 Å². The SMILES string of the molecule is Cc1cccc(S(=O)(=O)N[C@H](C=O)CC(=O)O)c1-c1ccccc1. The minimum Gasteiger partial charge on any atom is -0.481 e. The second-order valence-electron chi connectivity index (χ2n) is 5.28. The lowest BCUT2D eigenvalue weighted by molar-refractivity contribution is -0.138. The third kappa shape index (κ3) is 4.06. The van der Waals surface area contributed by atoms with Crippen molar-refractivity contribution in [2.24, 2.45) is 0 Å². The number of carboxylic acid groups (broad SMARTS) is 1. The number of benzene rings is 2. The maximum atomic E-state index is 12.7. The normalized spacial score (nSPS) is 12.5. The van der Waals surface area contributed by atoms with Crippen LogP contribution in [0.3, 0.4) is 0 Å². The Bertz CT molecular complexity index is 847. The number of carboxylic acids is 1. The minimum absolute atomic E-state index is 0.00550. The molecular formula is C17H17NO5S. The predicted molar refractivity (Wildman–Crippen MR) is 89.0 cm³/mol. The van der Waals surface area contributed by atoms with Gasteiger partial charge in [-0.3, -0.25) is 4.79 Å². The summed E-state index contributed by atoms with van der Waals surface area (Å²) in [5.74, 6) is -1.26. The Labute approximate surface area is 140 Å². The number of nitrogens with one attached hydrogen (secondary N) is 1. The predicted octanol–water partition coefficient (Wildman–Crippen LogP) is 1.98. The fourth-order valence-corrected chi connectivity index (χ4v) is 3.88. The molecule has 0 aromatic heterocycles. The van der Waals surface area contributed by atoms with Crippen LogP contribution in [0.25, 0.3) is 11.1 Å². The number of carbonyl (C=O) groups is 2. The molecule has 6 nitrogen and oxygen atoms in total. The standard InChI is InChI=1S/C17H17NO5S/c1-12-6-5-9-15(17(12)13-7-3-2-4-8-13)24(22,23)18-14(11-19)10-16(20)21/h2-9,11,14,18H,10H2,1H3,(H,20,21)/t14-/m0/s1. The van der Waals surface area contributed by atoms with E-state index in [1.165, 1.54) is 6.07 Å². The third-order valence-electron chi connectivity index (χ3n) is 3.45. The zero-order valence-corrected chi connectivity index (χ0v) is 13.8. The van der Waals surface area contributed by atoms with Crippen molar-refractivity contribution in [2.45, 2.75) is 24.3 Å². The zero-order chi connectivity index (χ0) is 17.7. The first-order valence-corrected chi connectivity index (χ1v) is 8.68. The highest BCUT2D eigenvalue weighted by atomic mass is 32.2. The van der Waals surface area contributed by atoms with Gasteiger partial charge in [0.2, 0.25) is 10.0 Å². The molecule has 0 fully saturated rings. The molecule has 0 unspecified atom stereocenters. The van der Waals surface area contributed by atoms with Crippen LogP contribution < -0.4 is 4.72 Å². The van der Waals surface area contributed by atoms with Crippen molar-refractivity contribution in [1.82, 2.24) is 4.72 Å². The molecule has 2 rings (SSSR count). The first-order valence-electron chi connectivity index (χ1n) is 7.19. The van der Waals surface area contributed by atoms with E-state index >= 15 is 0 Å². The molecule has 2 aromatic carbocycles. The van der Waals surface area contributed by atoms with E-state index in [2.05, 4.69) is 4.72 Å². The van der Waals surface area contributed by atoms with E-state index in [1.54, 1.807) is 43.3 Å². The van der Waals surface area contributed by atoms with Crippen molar-refractivity contribution < 1.29 is 23.1 Å². The summed E-state index contributed by atoms with van der Waals surface area (Å²) in [4.78, 5) is 21.7. The van der Waals surface area contributed by atoms with Gasteiger partial charge in [-0.25, -0.2) is 13.1 Å². The molecule has 0 saturated heterocycles. The van der Waals surface area contributed by atoms with Crippen molar-refractivity contribution >= 4 is 22.3 Å². The van der Waals surface area contributed by atoms with Crippen molar-refractivity contribution in [2.75, 3.05) is 0 Å². The summed E-state index contributed by atoms with van der Waals surface area (Å²) in [7, 11) is -4.06. The van der Waals surface area contributed by atoms with Crippen LogP contribution in [0, 0.1) is 6.92 Å². The molecule has 7 heteroatoms. The Morgan fingerprint density at radius 2 is 1.83 bits per heavy atom. The topological polar surface area (TPSA) is 101 Å². The molecule has 0 heterocycles. The van der Waals surface area contributed by atoms with Crippen molar-refractivity contribution in [1.29, 1.82) is 0 Å². The molecule has 1 atom stereocenters. The molecule has 0 aliphatic rings. The van der Waals surface area contributed by atoms with Crippen LogP contribution >= 0.6 is 0 Å². The van der Waals surface area contributed by atoms with Crippen LogP contribution in [0.15, 0.2) is 53.4 Å². The van der Waals surface area contributed by atoms with Gasteiger partial charge in [0, 0.05) is 5.56 Å². The molecule has 2 aromatic rings. The summed E-state index contributed by atoms with van der Waals surface area (Å²) in [5.41, 5.74) is 1.99. The first kappa shape index (κ1) is 17.8. The summed E-state index contributed by atoms with van der Waals surface area (Å²) in [5, 5.41) is 8.77. The second-order valence-corrected chi connectivity index (χ2v) is 6.96. The molecule has 0 spiro atoms.